The van der Waals surface area contributed by atoms with Gasteiger partial charge >= 0.3 is 0 Å². The second-order valence-electron chi connectivity index (χ2n) is 8.57. The van der Waals surface area contributed by atoms with Crippen LogP contribution >= 0.6 is 24.0 Å². The Morgan fingerprint density at radius 2 is 1.87 bits per heavy atom. The summed E-state index contributed by atoms with van der Waals surface area (Å²) in [6.07, 6.45) is 1.76. The van der Waals surface area contributed by atoms with E-state index in [1.165, 1.54) is 18.9 Å². The third kappa shape index (κ3) is 5.76. The fraction of sp³-hybridized carbons (Fsp3) is 0.179. The van der Waals surface area contributed by atoms with Gasteiger partial charge in [0, 0.05) is 5.69 Å². The van der Waals surface area contributed by atoms with Crippen LogP contribution in [0.5, 0.6) is 23.0 Å². The van der Waals surface area contributed by atoms with Gasteiger partial charge in [0.1, 0.15) is 4.32 Å². The number of anilines is 1. The van der Waals surface area contributed by atoms with Crippen molar-refractivity contribution in [3.63, 3.8) is 0 Å². The Morgan fingerprint density at radius 1 is 1.08 bits per heavy atom. The number of ether oxygens (including phenoxy) is 4. The van der Waals surface area contributed by atoms with Crippen molar-refractivity contribution in [1.29, 1.82) is 0 Å². The van der Waals surface area contributed by atoms with Gasteiger partial charge in [-0.05, 0) is 60.5 Å². The van der Waals surface area contributed by atoms with E-state index in [2.05, 4.69) is 5.32 Å². The van der Waals surface area contributed by atoms with Crippen molar-refractivity contribution in [3.05, 3.63) is 82.3 Å². The minimum absolute atomic E-state index is 0.176. The number of thiocarbonyl (C=S) groups is 1. The van der Waals surface area contributed by atoms with Crippen LogP contribution in [-0.2, 0) is 16.1 Å². The number of nitrogens with one attached hydrogen (secondary N) is 1. The number of fused-ring (bicyclic) bond motifs is 1. The number of thioether (sulfide) groups is 1. The van der Waals surface area contributed by atoms with Gasteiger partial charge in [-0.1, -0.05) is 53.8 Å². The third-order valence-corrected chi connectivity index (χ3v) is 7.21. The molecule has 3 aromatic rings. The summed E-state index contributed by atoms with van der Waals surface area (Å²) < 4.78 is 22.4. The molecule has 3 aromatic carbocycles. The number of benzene rings is 3. The van der Waals surface area contributed by atoms with Crippen LogP contribution in [0.1, 0.15) is 16.7 Å². The van der Waals surface area contributed by atoms with Crippen LogP contribution in [0.3, 0.4) is 0 Å². The summed E-state index contributed by atoms with van der Waals surface area (Å²) >= 11 is 6.72. The first-order chi connectivity index (χ1) is 18.4. The molecule has 2 aliphatic rings. The Kier molecular flexibility index (Phi) is 7.52. The number of hydrogen-bond acceptors (Lipinski definition) is 8. The highest BCUT2D eigenvalue weighted by Crippen LogP contribution is 2.37. The lowest BCUT2D eigenvalue weighted by Gasteiger charge is -2.14. The average molecular weight is 549 g/mol. The molecule has 2 heterocycles. The molecule has 10 heteroatoms. The van der Waals surface area contributed by atoms with Crippen LogP contribution in [0.15, 0.2) is 65.6 Å². The molecular formula is C28H24N2O6S2. The number of rotatable bonds is 8. The van der Waals surface area contributed by atoms with Crippen LogP contribution in [0.25, 0.3) is 6.08 Å². The van der Waals surface area contributed by atoms with Gasteiger partial charge in [-0.2, -0.15) is 0 Å². The summed E-state index contributed by atoms with van der Waals surface area (Å²) in [6.45, 7) is 2.32. The van der Waals surface area contributed by atoms with Gasteiger partial charge in [-0.15, -0.1) is 0 Å². The van der Waals surface area contributed by atoms with E-state index in [0.717, 1.165) is 16.7 Å². The lowest BCUT2D eigenvalue weighted by molar-refractivity contribution is -0.122. The molecule has 0 aromatic heterocycles. The monoisotopic (exact) mass is 548 g/mol. The average Bonchev–Trinajstić information content (AvgIpc) is 3.48. The van der Waals surface area contributed by atoms with Crippen molar-refractivity contribution in [2.45, 2.75) is 13.5 Å². The molecule has 2 amide bonds. The van der Waals surface area contributed by atoms with Crippen LogP contribution in [0.4, 0.5) is 5.69 Å². The van der Waals surface area contributed by atoms with E-state index < -0.39 is 0 Å². The predicted octanol–water partition coefficient (Wildman–Crippen LogP) is 5.15. The molecule has 2 aliphatic heterocycles. The zero-order valence-electron chi connectivity index (χ0n) is 20.7. The zero-order valence-corrected chi connectivity index (χ0v) is 22.3. The smallest absolute Gasteiger partial charge is 0.266 e. The minimum atomic E-state index is -0.286. The lowest BCUT2D eigenvalue weighted by atomic mass is 10.1. The summed E-state index contributed by atoms with van der Waals surface area (Å²) in [7, 11) is 1.52. The molecule has 0 bridgehead atoms. The van der Waals surface area contributed by atoms with E-state index >= 15 is 0 Å². The van der Waals surface area contributed by atoms with Gasteiger partial charge in [-0.25, -0.2) is 0 Å². The first-order valence-corrected chi connectivity index (χ1v) is 12.9. The fourth-order valence-electron chi connectivity index (χ4n) is 3.88. The van der Waals surface area contributed by atoms with Gasteiger partial charge in [0.05, 0.1) is 18.6 Å². The number of aryl methyl sites for hydroxylation is 1. The summed E-state index contributed by atoms with van der Waals surface area (Å²) in [5.41, 5.74) is 3.43. The Hall–Kier alpha value is -4.02. The van der Waals surface area contributed by atoms with Gasteiger partial charge < -0.3 is 24.3 Å². The predicted molar refractivity (Wildman–Crippen MR) is 150 cm³/mol. The van der Waals surface area contributed by atoms with Crippen molar-refractivity contribution in [2.75, 3.05) is 25.8 Å². The summed E-state index contributed by atoms with van der Waals surface area (Å²) in [4.78, 5) is 27.5. The molecule has 1 N–H and O–H groups in total. The van der Waals surface area contributed by atoms with E-state index in [1.54, 1.807) is 29.2 Å². The zero-order chi connectivity index (χ0) is 26.6. The second-order valence-corrected chi connectivity index (χ2v) is 10.2. The largest absolute Gasteiger partial charge is 0.493 e. The maximum atomic E-state index is 13.1. The number of carbonyl (C=O) groups excluding carboxylic acids is 2. The number of carbonyl (C=O) groups is 2. The maximum absolute atomic E-state index is 13.1. The van der Waals surface area contributed by atoms with Gasteiger partial charge in [0.2, 0.25) is 6.79 Å². The van der Waals surface area contributed by atoms with Crippen molar-refractivity contribution < 1.29 is 28.5 Å². The second kappa shape index (κ2) is 11.2. The molecule has 38 heavy (non-hydrogen) atoms. The van der Waals surface area contributed by atoms with E-state index in [9.17, 15) is 9.59 Å². The first kappa shape index (κ1) is 25.6. The number of amides is 2. The van der Waals surface area contributed by atoms with Crippen LogP contribution < -0.4 is 24.3 Å². The topological polar surface area (TPSA) is 86.3 Å². The molecule has 0 spiro atoms. The van der Waals surface area contributed by atoms with Crippen LogP contribution in [0, 0.1) is 6.92 Å². The maximum Gasteiger partial charge on any atom is 0.266 e. The Balaban J connectivity index is 1.23. The molecule has 0 unspecified atom stereocenters. The molecule has 5 rings (SSSR count). The van der Waals surface area contributed by atoms with Gasteiger partial charge in [-0.3, -0.25) is 14.5 Å². The van der Waals surface area contributed by atoms with E-state index in [1.807, 2.05) is 49.4 Å². The third-order valence-electron chi connectivity index (χ3n) is 5.83. The first-order valence-electron chi connectivity index (χ1n) is 11.7. The molecule has 0 radical (unpaired) electrons. The Labute approximate surface area is 229 Å². The van der Waals surface area contributed by atoms with E-state index in [0.29, 0.717) is 44.5 Å². The van der Waals surface area contributed by atoms with Crippen LogP contribution in [-0.4, -0.2) is 41.5 Å². The Bertz CT molecular complexity index is 1440. The summed E-state index contributed by atoms with van der Waals surface area (Å²) in [5.74, 6) is 1.74. The van der Waals surface area contributed by atoms with E-state index in [-0.39, 0.29) is 25.2 Å². The molecule has 1 fully saturated rings. The number of nitrogens with zero attached hydrogens (tertiary/aromatic N) is 1. The highest BCUT2D eigenvalue weighted by molar-refractivity contribution is 8.26. The lowest BCUT2D eigenvalue weighted by Crippen LogP contribution is -2.27. The molecule has 0 atom stereocenters. The summed E-state index contributed by atoms with van der Waals surface area (Å²) in [5, 5.41) is 2.79. The SMILES string of the molecule is COc1cc(/C=C2\SC(=S)N(Cc3ccc4c(c3)OCO4)C2=O)ccc1OCC(=O)Nc1ccc(C)cc1. The standard InChI is InChI=1S/C28H24N2O6S2/c1-17-3-7-20(8-4-17)29-26(31)15-34-21-9-5-18(11-23(21)33-2)13-25-27(32)30(28(37)38-25)14-19-6-10-22-24(12-19)36-16-35-22/h3-13H,14-16H2,1-2H3,(H,29,31)/b25-13-. The number of hydrogen-bond donors (Lipinski definition) is 1. The fourth-order valence-corrected chi connectivity index (χ4v) is 5.14. The quantitative estimate of drug-likeness (QED) is 0.306. The van der Waals surface area contributed by atoms with Gasteiger partial charge in [0.25, 0.3) is 11.8 Å². The van der Waals surface area contributed by atoms with E-state index in [4.69, 9.17) is 31.2 Å². The summed E-state index contributed by atoms with van der Waals surface area (Å²) in [6, 6.07) is 18.3. The molecule has 194 valence electrons. The molecule has 0 aliphatic carbocycles. The normalized spacial score (nSPS) is 15.2. The van der Waals surface area contributed by atoms with Crippen LogP contribution in [0.2, 0.25) is 0 Å². The van der Waals surface area contributed by atoms with Crippen molar-refractivity contribution in [1.82, 2.24) is 4.90 Å². The molecule has 8 nitrogen and oxygen atoms in total. The van der Waals surface area contributed by atoms with Crippen molar-refractivity contribution >= 4 is 51.9 Å². The van der Waals surface area contributed by atoms with Crippen molar-refractivity contribution in [2.24, 2.45) is 0 Å². The highest BCUT2D eigenvalue weighted by Gasteiger charge is 2.32. The Morgan fingerprint density at radius 3 is 2.66 bits per heavy atom. The number of methoxy groups -OCH3 is 1. The molecule has 1 saturated heterocycles. The van der Waals surface area contributed by atoms with Crippen molar-refractivity contribution in [3.8, 4) is 23.0 Å². The molecule has 0 saturated carbocycles. The molecular weight excluding hydrogens is 524 g/mol. The van der Waals surface area contributed by atoms with Gasteiger partial charge in [0.15, 0.2) is 29.6 Å². The highest BCUT2D eigenvalue weighted by atomic mass is 32.2. The minimum Gasteiger partial charge on any atom is -0.493 e.